The van der Waals surface area contributed by atoms with Crippen molar-refractivity contribution in [2.75, 3.05) is 20.1 Å². The summed E-state index contributed by atoms with van der Waals surface area (Å²) in [5.41, 5.74) is -0.0901. The summed E-state index contributed by atoms with van der Waals surface area (Å²) in [5, 5.41) is 12.2. The number of likely N-dealkylation sites (N-methyl/N-ethyl adjacent to an activating group) is 1. The molecule has 0 spiro atoms. The van der Waals surface area contributed by atoms with Crippen LogP contribution in [0.1, 0.15) is 12.2 Å². The van der Waals surface area contributed by atoms with Gasteiger partial charge in [-0.25, -0.2) is 0 Å². The monoisotopic (exact) mass is 251 g/mol. The summed E-state index contributed by atoms with van der Waals surface area (Å²) in [6.07, 6.45) is 0.705. The molecule has 1 N–H and O–H groups in total. The van der Waals surface area contributed by atoms with Gasteiger partial charge in [-0.2, -0.15) is 0 Å². The number of fused-ring (bicyclic) bond motifs is 1. The number of likely N-dealkylation sites (tertiary alicyclic amines) is 1. The Morgan fingerprint density at radius 3 is 2.94 bits per heavy atom. The molecule has 1 unspecified atom stereocenters. The summed E-state index contributed by atoms with van der Waals surface area (Å²) < 4.78 is 5.72. The highest BCUT2D eigenvalue weighted by molar-refractivity contribution is 6.31. The molecule has 1 saturated heterocycles. The number of nitrogens with zero attached hydrogens (tertiary/aromatic N) is 1. The van der Waals surface area contributed by atoms with Crippen molar-refractivity contribution in [3.8, 4) is 0 Å². The molecule has 2 aromatic rings. The lowest BCUT2D eigenvalue weighted by molar-refractivity contribution is 0.0282. The Morgan fingerprint density at radius 2 is 2.24 bits per heavy atom. The van der Waals surface area contributed by atoms with E-state index in [1.807, 2.05) is 25.2 Å². The fourth-order valence-corrected chi connectivity index (χ4v) is 2.61. The first-order chi connectivity index (χ1) is 8.07. The lowest BCUT2D eigenvalue weighted by Gasteiger charge is -2.19. The van der Waals surface area contributed by atoms with E-state index in [-0.39, 0.29) is 0 Å². The van der Waals surface area contributed by atoms with Crippen LogP contribution < -0.4 is 0 Å². The maximum Gasteiger partial charge on any atom is 0.138 e. The SMILES string of the molecule is CN1CCC(O)(c2cc3cc(Cl)ccc3o2)C1. The van der Waals surface area contributed by atoms with Crippen LogP contribution in [0.2, 0.25) is 5.02 Å². The molecule has 17 heavy (non-hydrogen) atoms. The van der Waals surface area contributed by atoms with E-state index in [2.05, 4.69) is 4.90 Å². The molecule has 90 valence electrons. The van der Waals surface area contributed by atoms with Gasteiger partial charge in [0.15, 0.2) is 0 Å². The Balaban J connectivity index is 2.06. The summed E-state index contributed by atoms with van der Waals surface area (Å²) in [5.74, 6) is 0.638. The molecule has 3 rings (SSSR count). The van der Waals surface area contributed by atoms with Crippen molar-refractivity contribution >= 4 is 22.6 Å². The van der Waals surface area contributed by atoms with Crippen molar-refractivity contribution in [1.82, 2.24) is 4.90 Å². The van der Waals surface area contributed by atoms with E-state index in [9.17, 15) is 5.11 Å². The minimum atomic E-state index is -0.861. The number of furan rings is 1. The summed E-state index contributed by atoms with van der Waals surface area (Å²) >= 11 is 5.93. The number of hydrogen-bond donors (Lipinski definition) is 1. The van der Waals surface area contributed by atoms with Gasteiger partial charge in [0.05, 0.1) is 0 Å². The molecule has 0 bridgehead atoms. The van der Waals surface area contributed by atoms with Crippen LogP contribution in [-0.2, 0) is 5.60 Å². The van der Waals surface area contributed by atoms with E-state index in [0.717, 1.165) is 17.5 Å². The Bertz CT molecular complexity index is 566. The second kappa shape index (κ2) is 3.73. The van der Waals surface area contributed by atoms with Gasteiger partial charge in [-0.3, -0.25) is 0 Å². The van der Waals surface area contributed by atoms with Gasteiger partial charge in [-0.15, -0.1) is 0 Å². The van der Waals surface area contributed by atoms with Crippen molar-refractivity contribution in [2.24, 2.45) is 0 Å². The van der Waals surface area contributed by atoms with Crippen LogP contribution in [0.3, 0.4) is 0 Å². The van der Waals surface area contributed by atoms with E-state index < -0.39 is 5.60 Å². The van der Waals surface area contributed by atoms with Gasteiger partial charge in [0, 0.05) is 23.5 Å². The van der Waals surface area contributed by atoms with E-state index in [1.165, 1.54) is 0 Å². The molecule has 1 fully saturated rings. The smallest absolute Gasteiger partial charge is 0.138 e. The molecular formula is C13H14ClNO2. The molecule has 2 heterocycles. The number of β-amino-alcohol motifs (C(OH)–C–C–N with tert-alkyl or cyclic N) is 1. The van der Waals surface area contributed by atoms with Gasteiger partial charge in [-0.05, 0) is 37.7 Å². The standard InChI is InChI=1S/C13H14ClNO2/c1-15-5-4-13(16,8-15)12-7-9-6-10(14)2-3-11(9)17-12/h2-3,6-7,16H,4-5,8H2,1H3. The molecule has 0 radical (unpaired) electrons. The van der Waals surface area contributed by atoms with E-state index >= 15 is 0 Å². The van der Waals surface area contributed by atoms with Gasteiger partial charge in [0.1, 0.15) is 16.9 Å². The average Bonchev–Trinajstić information content (AvgIpc) is 2.83. The van der Waals surface area contributed by atoms with Gasteiger partial charge in [0.2, 0.25) is 0 Å². The van der Waals surface area contributed by atoms with Crippen molar-refractivity contribution in [2.45, 2.75) is 12.0 Å². The van der Waals surface area contributed by atoms with E-state index in [4.69, 9.17) is 16.0 Å². The predicted molar refractivity (Wildman–Crippen MR) is 67.2 cm³/mol. The Hall–Kier alpha value is -1.03. The summed E-state index contributed by atoms with van der Waals surface area (Å²) in [7, 11) is 2.00. The van der Waals surface area contributed by atoms with Gasteiger partial charge >= 0.3 is 0 Å². The molecule has 0 aliphatic carbocycles. The van der Waals surface area contributed by atoms with Crippen molar-refractivity contribution < 1.29 is 9.52 Å². The van der Waals surface area contributed by atoms with E-state index in [1.54, 1.807) is 6.07 Å². The number of halogens is 1. The first-order valence-electron chi connectivity index (χ1n) is 5.67. The Morgan fingerprint density at radius 1 is 1.41 bits per heavy atom. The van der Waals surface area contributed by atoms with Crippen LogP contribution in [0, 0.1) is 0 Å². The van der Waals surface area contributed by atoms with Crippen LogP contribution in [0.25, 0.3) is 11.0 Å². The third-order valence-corrected chi connectivity index (χ3v) is 3.61. The van der Waals surface area contributed by atoms with Crippen LogP contribution in [0.4, 0.5) is 0 Å². The quantitative estimate of drug-likeness (QED) is 0.847. The summed E-state index contributed by atoms with van der Waals surface area (Å²) in [6.45, 7) is 1.49. The number of aliphatic hydroxyl groups is 1. The molecule has 1 aliphatic rings. The maximum atomic E-state index is 10.5. The Kier molecular flexibility index (Phi) is 2.43. The highest BCUT2D eigenvalue weighted by Gasteiger charge is 2.39. The molecule has 3 nitrogen and oxygen atoms in total. The Labute approximate surface area is 105 Å². The molecule has 1 atom stereocenters. The van der Waals surface area contributed by atoms with Crippen molar-refractivity contribution in [1.29, 1.82) is 0 Å². The first-order valence-corrected chi connectivity index (χ1v) is 6.05. The molecule has 1 aromatic carbocycles. The largest absolute Gasteiger partial charge is 0.458 e. The lowest BCUT2D eigenvalue weighted by atomic mass is 10.00. The summed E-state index contributed by atoms with van der Waals surface area (Å²) in [4.78, 5) is 2.10. The first kappa shape index (κ1) is 11.1. The zero-order valence-corrected chi connectivity index (χ0v) is 10.4. The molecule has 4 heteroatoms. The minimum absolute atomic E-state index is 0.612. The van der Waals surface area contributed by atoms with Crippen LogP contribution in [-0.4, -0.2) is 30.1 Å². The fourth-order valence-electron chi connectivity index (χ4n) is 2.43. The molecule has 1 aromatic heterocycles. The van der Waals surface area contributed by atoms with E-state index in [0.29, 0.717) is 23.7 Å². The summed E-state index contributed by atoms with van der Waals surface area (Å²) in [6, 6.07) is 7.37. The maximum absolute atomic E-state index is 10.5. The zero-order chi connectivity index (χ0) is 12.0. The van der Waals surface area contributed by atoms with Crippen molar-refractivity contribution in [3.63, 3.8) is 0 Å². The fraction of sp³-hybridized carbons (Fsp3) is 0.385. The highest BCUT2D eigenvalue weighted by Crippen LogP contribution is 2.35. The topological polar surface area (TPSA) is 36.6 Å². The number of benzene rings is 1. The molecular weight excluding hydrogens is 238 g/mol. The number of rotatable bonds is 1. The van der Waals surface area contributed by atoms with Gasteiger partial charge < -0.3 is 14.4 Å². The minimum Gasteiger partial charge on any atom is -0.458 e. The lowest BCUT2D eigenvalue weighted by Crippen LogP contribution is -2.28. The van der Waals surface area contributed by atoms with Crippen molar-refractivity contribution in [3.05, 3.63) is 35.0 Å². The molecule has 1 aliphatic heterocycles. The van der Waals surface area contributed by atoms with Gasteiger partial charge in [0.25, 0.3) is 0 Å². The molecule has 0 saturated carbocycles. The second-order valence-corrected chi connectivity index (χ2v) is 5.25. The highest BCUT2D eigenvalue weighted by atomic mass is 35.5. The molecule has 0 amide bonds. The second-order valence-electron chi connectivity index (χ2n) is 4.81. The predicted octanol–water partition coefficient (Wildman–Crippen LogP) is 2.61. The van der Waals surface area contributed by atoms with Gasteiger partial charge in [-0.1, -0.05) is 11.6 Å². The van der Waals surface area contributed by atoms with Crippen LogP contribution in [0.15, 0.2) is 28.7 Å². The van der Waals surface area contributed by atoms with Crippen LogP contribution >= 0.6 is 11.6 Å². The normalized spacial score (nSPS) is 25.8. The zero-order valence-electron chi connectivity index (χ0n) is 9.61. The third kappa shape index (κ3) is 1.84. The van der Waals surface area contributed by atoms with Crippen LogP contribution in [0.5, 0.6) is 0 Å². The number of hydrogen-bond acceptors (Lipinski definition) is 3. The average molecular weight is 252 g/mol. The third-order valence-electron chi connectivity index (χ3n) is 3.38.